The first-order valence-corrected chi connectivity index (χ1v) is 19.3. The Balaban J connectivity index is 0.00000151. The highest BCUT2D eigenvalue weighted by Gasteiger charge is 2.29. The quantitative estimate of drug-likeness (QED) is 0.0828. The van der Waals surface area contributed by atoms with Crippen molar-refractivity contribution in [2.24, 2.45) is 0 Å². The normalized spacial score (nSPS) is 16.2. The van der Waals surface area contributed by atoms with E-state index in [0.717, 1.165) is 64.3 Å². The summed E-state index contributed by atoms with van der Waals surface area (Å²) in [6.07, 6.45) is 25.7. The number of allylic oxidation sites excluding steroid dienone is 5. The van der Waals surface area contributed by atoms with Crippen LogP contribution in [-0.2, 0) is 16.1 Å². The molecule has 0 saturated carbocycles. The Bertz CT molecular complexity index is 1300. The minimum Gasteiger partial charge on any atom is -0.400 e. The molecule has 1 aromatic heterocycles. The van der Waals surface area contributed by atoms with Gasteiger partial charge in [0.2, 0.25) is 6.41 Å². The largest absolute Gasteiger partial charge is 0.400 e. The highest BCUT2D eigenvalue weighted by Crippen LogP contribution is 2.41. The Morgan fingerprint density at radius 3 is 2.29 bits per heavy atom. The Kier molecular flexibility index (Phi) is 25.8. The molecular weight excluding hydrogens is 627 g/mol. The maximum atomic E-state index is 11.1. The number of carbonyl (C=O) groups is 2. The molecular formula is C42H67N3O3S. The van der Waals surface area contributed by atoms with Crippen molar-refractivity contribution in [3.8, 4) is 11.8 Å². The van der Waals surface area contributed by atoms with Crippen molar-refractivity contribution in [2.75, 3.05) is 27.0 Å². The second kappa shape index (κ2) is 27.6. The van der Waals surface area contributed by atoms with Gasteiger partial charge in [0.15, 0.2) is 6.29 Å². The molecule has 3 rings (SSSR count). The van der Waals surface area contributed by atoms with Crippen LogP contribution in [0.5, 0.6) is 0 Å². The fraction of sp³-hybridized carbons (Fsp3) is 0.571. The fourth-order valence-electron chi connectivity index (χ4n) is 5.92. The van der Waals surface area contributed by atoms with Crippen LogP contribution in [0.25, 0.3) is 0 Å². The summed E-state index contributed by atoms with van der Waals surface area (Å²) in [7, 11) is 3.21. The number of hydrogen-bond acceptors (Lipinski definition) is 5. The SMILES string of the molecule is C=C(C)SC.CCCCCC(CC)c1cc(C#CC=O)n(CCCC)c1C1C=C2C=CC(C=C(C)C)N(C)C2=CC1.CCCNC=O.CO. The molecule has 3 unspecified atom stereocenters. The molecule has 3 atom stereocenters. The summed E-state index contributed by atoms with van der Waals surface area (Å²) in [6.45, 7) is 20.6. The third kappa shape index (κ3) is 16.4. The number of likely N-dealkylation sites (N-methyl/N-ethyl adjacent to an activating group) is 1. The van der Waals surface area contributed by atoms with Crippen molar-refractivity contribution >= 4 is 24.5 Å². The minimum absolute atomic E-state index is 0.312. The Morgan fingerprint density at radius 2 is 1.78 bits per heavy atom. The number of hydrogen-bond donors (Lipinski definition) is 2. The van der Waals surface area contributed by atoms with Gasteiger partial charge in [0.25, 0.3) is 0 Å². The van der Waals surface area contributed by atoms with E-state index in [9.17, 15) is 9.59 Å². The van der Waals surface area contributed by atoms with Gasteiger partial charge in [0.05, 0.1) is 11.7 Å². The molecule has 2 aliphatic rings. The minimum atomic E-state index is 0.312. The summed E-state index contributed by atoms with van der Waals surface area (Å²) in [5, 5.41) is 9.52. The van der Waals surface area contributed by atoms with Crippen LogP contribution < -0.4 is 5.32 Å². The standard InChI is InChI=1S/C33H46N2O.C4H9NO.C4H8S.CH4O/c1-7-10-12-14-26(9-3)31-24-30(15-13-21-36)35(20-11-8-2)33(31)28-17-19-32-27(23-28)16-18-29(34(32)6)22-25(4)5;1-2-3-5-4-6;1-4(2)5-3;1-2/h16,18-19,21-24,26,28-29H,7-12,14,17,20H2,1-6H3;4H,2-3H2,1H3,(H,5,6);1H2,2-3H3;2H,1H3. The monoisotopic (exact) mass is 693 g/mol. The summed E-state index contributed by atoms with van der Waals surface area (Å²) in [5.41, 5.74) is 7.87. The molecule has 6 nitrogen and oxygen atoms in total. The Labute approximate surface area is 304 Å². The van der Waals surface area contributed by atoms with Gasteiger partial charge in [0.1, 0.15) is 0 Å². The molecule has 1 aromatic rings. The number of nitrogens with one attached hydrogen (secondary N) is 1. The van der Waals surface area contributed by atoms with E-state index in [-0.39, 0.29) is 0 Å². The molecule has 0 spiro atoms. The number of fused-ring (bicyclic) bond motifs is 1. The van der Waals surface area contributed by atoms with Crippen LogP contribution in [0.2, 0.25) is 0 Å². The number of rotatable bonds is 15. The summed E-state index contributed by atoms with van der Waals surface area (Å²) < 4.78 is 2.45. The predicted octanol–water partition coefficient (Wildman–Crippen LogP) is 9.68. The van der Waals surface area contributed by atoms with Gasteiger partial charge in [-0.1, -0.05) is 95.9 Å². The number of aromatic nitrogens is 1. The van der Waals surface area contributed by atoms with Gasteiger partial charge in [-0.2, -0.15) is 0 Å². The summed E-state index contributed by atoms with van der Waals surface area (Å²) in [5.74, 6) is 6.74. The van der Waals surface area contributed by atoms with Gasteiger partial charge in [-0.25, -0.2) is 0 Å². The third-order valence-electron chi connectivity index (χ3n) is 8.48. The highest BCUT2D eigenvalue weighted by atomic mass is 32.2. The number of aldehydes is 1. The lowest BCUT2D eigenvalue weighted by Crippen LogP contribution is -2.32. The smallest absolute Gasteiger partial charge is 0.207 e. The van der Waals surface area contributed by atoms with E-state index in [1.807, 2.05) is 20.1 Å². The third-order valence-corrected chi connectivity index (χ3v) is 9.17. The molecule has 2 N–H and O–H groups in total. The number of unbranched alkanes of at least 4 members (excludes halogenated alkanes) is 3. The molecule has 1 amide bonds. The van der Waals surface area contributed by atoms with E-state index >= 15 is 0 Å². The van der Waals surface area contributed by atoms with Crippen molar-refractivity contribution < 1.29 is 14.7 Å². The lowest BCUT2D eigenvalue weighted by Gasteiger charge is -2.36. The first-order chi connectivity index (χ1) is 23.6. The number of aliphatic hydroxyl groups excluding tert-OH is 1. The predicted molar refractivity (Wildman–Crippen MR) is 214 cm³/mol. The molecule has 1 aliphatic carbocycles. The van der Waals surface area contributed by atoms with Crippen molar-refractivity contribution in [2.45, 2.75) is 131 Å². The summed E-state index contributed by atoms with van der Waals surface area (Å²) >= 11 is 1.69. The topological polar surface area (TPSA) is 74.6 Å². The molecule has 0 saturated heterocycles. The fourth-order valence-corrected chi connectivity index (χ4v) is 5.92. The van der Waals surface area contributed by atoms with Crippen LogP contribution in [0.1, 0.15) is 135 Å². The van der Waals surface area contributed by atoms with Gasteiger partial charge in [-0.05, 0) is 99.0 Å². The van der Waals surface area contributed by atoms with Crippen LogP contribution >= 0.6 is 11.8 Å². The van der Waals surface area contributed by atoms with Crippen LogP contribution in [0.15, 0.2) is 64.8 Å². The molecule has 0 fully saturated rings. The van der Waals surface area contributed by atoms with Crippen molar-refractivity contribution in [1.29, 1.82) is 0 Å². The van der Waals surface area contributed by atoms with Crippen molar-refractivity contribution in [3.63, 3.8) is 0 Å². The first-order valence-electron chi connectivity index (χ1n) is 18.1. The number of aliphatic hydroxyl groups is 1. The molecule has 2 heterocycles. The van der Waals surface area contributed by atoms with Gasteiger partial charge >= 0.3 is 0 Å². The first kappa shape index (κ1) is 45.8. The van der Waals surface area contributed by atoms with Crippen LogP contribution in [0, 0.1) is 11.8 Å². The van der Waals surface area contributed by atoms with Crippen LogP contribution in [0.4, 0.5) is 0 Å². The molecule has 274 valence electrons. The van der Waals surface area contributed by atoms with Crippen LogP contribution in [0.3, 0.4) is 0 Å². The summed E-state index contributed by atoms with van der Waals surface area (Å²) in [4.78, 5) is 24.1. The van der Waals surface area contributed by atoms with E-state index in [0.29, 0.717) is 24.3 Å². The zero-order valence-electron chi connectivity index (χ0n) is 32.4. The van der Waals surface area contributed by atoms with E-state index in [4.69, 9.17) is 5.11 Å². The van der Waals surface area contributed by atoms with Gasteiger partial charge in [-0.3, -0.25) is 9.59 Å². The molecule has 49 heavy (non-hydrogen) atoms. The number of nitrogens with zero attached hydrogens (tertiary/aromatic N) is 2. The maximum Gasteiger partial charge on any atom is 0.207 e. The lowest BCUT2D eigenvalue weighted by molar-refractivity contribution is -0.109. The number of amides is 1. The zero-order chi connectivity index (χ0) is 37.2. The second-order valence-corrected chi connectivity index (χ2v) is 13.7. The highest BCUT2D eigenvalue weighted by molar-refractivity contribution is 8.02. The second-order valence-electron chi connectivity index (χ2n) is 12.6. The average Bonchev–Trinajstić information content (AvgIpc) is 3.47. The molecule has 0 bridgehead atoms. The maximum absolute atomic E-state index is 11.1. The van der Waals surface area contributed by atoms with Gasteiger partial charge < -0.3 is 19.9 Å². The average molecular weight is 694 g/mol. The van der Waals surface area contributed by atoms with E-state index in [2.05, 4.69) is 111 Å². The number of thioether (sulfide) groups is 1. The number of carbonyl (C=O) groups excluding carboxylic acids is 2. The molecule has 7 heteroatoms. The zero-order valence-corrected chi connectivity index (χ0v) is 33.2. The Morgan fingerprint density at radius 1 is 1.10 bits per heavy atom. The molecule has 1 aliphatic heterocycles. The van der Waals surface area contributed by atoms with Crippen molar-refractivity contribution in [3.05, 3.63) is 81.7 Å². The van der Waals surface area contributed by atoms with E-state index < -0.39 is 0 Å². The lowest BCUT2D eigenvalue weighted by atomic mass is 9.83. The van der Waals surface area contributed by atoms with Crippen LogP contribution in [-0.4, -0.2) is 60.3 Å². The Hall–Kier alpha value is -3.21. The van der Waals surface area contributed by atoms with E-state index in [1.54, 1.807) is 11.8 Å². The van der Waals surface area contributed by atoms with Crippen molar-refractivity contribution in [1.82, 2.24) is 14.8 Å². The molecule has 0 aromatic carbocycles. The summed E-state index contributed by atoms with van der Waals surface area (Å²) in [6, 6.07) is 2.62. The molecule has 0 radical (unpaired) electrons. The van der Waals surface area contributed by atoms with Gasteiger partial charge in [-0.15, -0.1) is 11.8 Å². The van der Waals surface area contributed by atoms with Gasteiger partial charge in [0, 0.05) is 44.6 Å². The van der Waals surface area contributed by atoms with E-state index in [1.165, 1.54) is 58.7 Å².